The van der Waals surface area contributed by atoms with Crippen molar-refractivity contribution >= 4 is 55.0 Å². The van der Waals surface area contributed by atoms with Gasteiger partial charge in [0.15, 0.2) is 14.4 Å². The highest BCUT2D eigenvalue weighted by Gasteiger charge is 2.52. The molecule has 1 aliphatic heterocycles. The number of alkyl halides is 3. The SMILES string of the molecule is CC(=O)O[C@H]1[C@@H](OC(=N)C(Cl)(Cl)Cl)O[C@H](C)[C@@H](O[Si](C)(C)C(C)(C)C)[C@@H]1N=[N+]=[N-]. The summed E-state index contributed by atoms with van der Waals surface area (Å²) < 4.78 is 20.7. The summed E-state index contributed by atoms with van der Waals surface area (Å²) in [6.45, 7) is 13.2. The molecule has 166 valence electrons. The third-order valence-electron chi connectivity index (χ3n) is 4.97. The Morgan fingerprint density at radius 2 is 1.76 bits per heavy atom. The number of halogens is 3. The first kappa shape index (κ1) is 26.3. The van der Waals surface area contributed by atoms with Gasteiger partial charge in [-0.25, -0.2) is 0 Å². The Morgan fingerprint density at radius 1 is 1.21 bits per heavy atom. The van der Waals surface area contributed by atoms with Crippen molar-refractivity contribution in [2.24, 2.45) is 5.11 Å². The van der Waals surface area contributed by atoms with Crippen LogP contribution in [0.5, 0.6) is 0 Å². The molecule has 0 unspecified atom stereocenters. The fourth-order valence-electron chi connectivity index (χ4n) is 2.46. The molecule has 1 rings (SSSR count). The van der Waals surface area contributed by atoms with Crippen LogP contribution in [-0.2, 0) is 23.4 Å². The van der Waals surface area contributed by atoms with Crippen molar-refractivity contribution in [1.82, 2.24) is 0 Å². The molecule has 0 amide bonds. The van der Waals surface area contributed by atoms with Gasteiger partial charge in [0.25, 0.3) is 3.79 Å². The second-order valence-corrected chi connectivity index (χ2v) is 15.3. The Hall–Kier alpha value is -0.743. The van der Waals surface area contributed by atoms with Gasteiger partial charge in [-0.1, -0.05) is 60.7 Å². The topological polar surface area (TPSA) is 127 Å². The third-order valence-corrected chi connectivity index (χ3v) is 9.96. The zero-order valence-corrected chi connectivity index (χ0v) is 20.7. The van der Waals surface area contributed by atoms with Crippen molar-refractivity contribution < 1.29 is 23.4 Å². The largest absolute Gasteiger partial charge is 0.455 e. The number of nitrogens with zero attached hydrogens (tertiary/aromatic N) is 3. The van der Waals surface area contributed by atoms with E-state index in [1.54, 1.807) is 6.92 Å². The highest BCUT2D eigenvalue weighted by atomic mass is 35.6. The molecule has 9 nitrogen and oxygen atoms in total. The zero-order chi connectivity index (χ0) is 22.8. The van der Waals surface area contributed by atoms with Gasteiger partial charge in [-0.15, -0.1) is 0 Å². The van der Waals surface area contributed by atoms with Gasteiger partial charge in [0.2, 0.25) is 12.2 Å². The van der Waals surface area contributed by atoms with Crippen LogP contribution < -0.4 is 0 Å². The van der Waals surface area contributed by atoms with E-state index in [-0.39, 0.29) is 5.04 Å². The number of carbonyl (C=O) groups excluding carboxylic acids is 1. The van der Waals surface area contributed by atoms with Gasteiger partial charge in [-0.05, 0) is 30.6 Å². The Bertz CT molecular complexity index is 676. The molecule has 1 aliphatic rings. The van der Waals surface area contributed by atoms with Crippen molar-refractivity contribution in [2.75, 3.05) is 0 Å². The zero-order valence-electron chi connectivity index (χ0n) is 17.4. The van der Waals surface area contributed by atoms with E-state index in [1.807, 2.05) is 13.1 Å². The molecule has 0 saturated carbocycles. The van der Waals surface area contributed by atoms with Crippen molar-refractivity contribution in [2.45, 2.75) is 87.2 Å². The number of rotatable bonds is 5. The molecule has 29 heavy (non-hydrogen) atoms. The van der Waals surface area contributed by atoms with E-state index < -0.39 is 54.6 Å². The van der Waals surface area contributed by atoms with Crippen LogP contribution in [0, 0.1) is 5.41 Å². The fourth-order valence-corrected chi connectivity index (χ4v) is 3.96. The summed E-state index contributed by atoms with van der Waals surface area (Å²) in [5.41, 5.74) is 9.12. The Labute approximate surface area is 186 Å². The molecule has 13 heteroatoms. The second-order valence-electron chi connectivity index (χ2n) is 8.27. The number of esters is 1. The van der Waals surface area contributed by atoms with E-state index in [9.17, 15) is 4.79 Å². The molecule has 1 N–H and O–H groups in total. The van der Waals surface area contributed by atoms with Crippen LogP contribution in [0.25, 0.3) is 10.4 Å². The number of ether oxygens (including phenoxy) is 3. The minimum Gasteiger partial charge on any atom is -0.455 e. The Kier molecular flexibility index (Phi) is 8.70. The molecule has 0 aromatic rings. The van der Waals surface area contributed by atoms with E-state index in [4.69, 9.17) is 64.4 Å². The molecule has 1 saturated heterocycles. The Balaban J connectivity index is 3.31. The van der Waals surface area contributed by atoms with Crippen LogP contribution in [0.4, 0.5) is 0 Å². The summed E-state index contributed by atoms with van der Waals surface area (Å²) in [6.07, 6.45) is -3.87. The van der Waals surface area contributed by atoms with Gasteiger partial charge < -0.3 is 18.6 Å². The number of hydrogen-bond acceptors (Lipinski definition) is 7. The minimum absolute atomic E-state index is 0.129. The third kappa shape index (κ3) is 6.88. The molecule has 5 atom stereocenters. The minimum atomic E-state index is -2.31. The predicted molar refractivity (Wildman–Crippen MR) is 114 cm³/mol. The summed E-state index contributed by atoms with van der Waals surface area (Å²) in [5, 5.41) is 11.5. The number of hydrogen-bond donors (Lipinski definition) is 1. The van der Waals surface area contributed by atoms with Gasteiger partial charge in [-0.3, -0.25) is 10.2 Å². The molecule has 0 spiro atoms. The van der Waals surface area contributed by atoms with E-state index in [1.165, 1.54) is 6.92 Å². The lowest BCUT2D eigenvalue weighted by Gasteiger charge is -2.47. The monoisotopic (exact) mass is 488 g/mol. The smallest absolute Gasteiger partial charge is 0.303 e. The fraction of sp³-hybridized carbons (Fsp3) is 0.875. The van der Waals surface area contributed by atoms with E-state index in [0.717, 1.165) is 0 Å². The average Bonchev–Trinajstić information content (AvgIpc) is 2.52. The van der Waals surface area contributed by atoms with Gasteiger partial charge in [0, 0.05) is 11.8 Å². The van der Waals surface area contributed by atoms with Crippen LogP contribution in [-0.4, -0.2) is 54.6 Å². The number of azide groups is 1. The van der Waals surface area contributed by atoms with E-state index in [2.05, 4.69) is 30.8 Å². The predicted octanol–water partition coefficient (Wildman–Crippen LogP) is 5.10. The summed E-state index contributed by atoms with van der Waals surface area (Å²) in [4.78, 5) is 14.6. The maximum atomic E-state index is 11.7. The van der Waals surface area contributed by atoms with E-state index >= 15 is 0 Å². The van der Waals surface area contributed by atoms with Crippen molar-refractivity contribution in [3.05, 3.63) is 10.4 Å². The Morgan fingerprint density at radius 3 is 2.17 bits per heavy atom. The standard InChI is InChI=1S/C16H27Cl3N4O5Si/c1-8-11(28-29(6,7)15(3,4)5)10(22-23-21)12(26-9(2)24)13(25-8)27-14(20)16(17,18)19/h8,10-13,20H,1-7H3/t8-,10+,11-,12-,13-/m1/s1. The highest BCUT2D eigenvalue weighted by molar-refractivity contribution is 6.76. The maximum Gasteiger partial charge on any atom is 0.303 e. The van der Waals surface area contributed by atoms with Gasteiger partial charge in [-0.2, -0.15) is 0 Å². The van der Waals surface area contributed by atoms with Gasteiger partial charge in [0.1, 0.15) is 6.04 Å². The van der Waals surface area contributed by atoms with Crippen LogP contribution in [0.15, 0.2) is 5.11 Å². The lowest BCUT2D eigenvalue weighted by atomic mass is 9.97. The first-order valence-corrected chi connectivity index (χ1v) is 12.9. The normalized spacial score (nSPS) is 28.3. The number of nitrogens with one attached hydrogen (secondary N) is 1. The summed E-state index contributed by atoms with van der Waals surface area (Å²) >= 11 is 17.0. The van der Waals surface area contributed by atoms with Crippen LogP contribution in [0.1, 0.15) is 34.6 Å². The highest BCUT2D eigenvalue weighted by Crippen LogP contribution is 2.40. The van der Waals surface area contributed by atoms with Crippen molar-refractivity contribution in [3.8, 4) is 0 Å². The van der Waals surface area contributed by atoms with Crippen LogP contribution in [0.3, 0.4) is 0 Å². The average molecular weight is 490 g/mol. The molecule has 0 bridgehead atoms. The van der Waals surface area contributed by atoms with Crippen LogP contribution in [0.2, 0.25) is 18.1 Å². The quantitative estimate of drug-likeness (QED) is 0.0840. The second kappa shape index (κ2) is 9.59. The maximum absolute atomic E-state index is 11.7. The van der Waals surface area contributed by atoms with E-state index in [0.29, 0.717) is 0 Å². The molecular formula is C16H27Cl3N4O5Si. The lowest BCUT2D eigenvalue weighted by molar-refractivity contribution is -0.246. The number of carbonyl (C=O) groups is 1. The molecule has 0 radical (unpaired) electrons. The van der Waals surface area contributed by atoms with Gasteiger partial charge >= 0.3 is 5.97 Å². The summed E-state index contributed by atoms with van der Waals surface area (Å²) in [5.74, 6) is -1.38. The molecular weight excluding hydrogens is 463 g/mol. The first-order chi connectivity index (χ1) is 13.0. The van der Waals surface area contributed by atoms with Crippen molar-refractivity contribution in [1.29, 1.82) is 5.41 Å². The summed E-state index contributed by atoms with van der Waals surface area (Å²) in [6, 6.07) is -0.977. The summed E-state index contributed by atoms with van der Waals surface area (Å²) in [7, 11) is -2.31. The molecule has 1 heterocycles. The van der Waals surface area contributed by atoms with Crippen molar-refractivity contribution in [3.63, 3.8) is 0 Å². The molecule has 0 aliphatic carbocycles. The molecule has 1 fully saturated rings. The van der Waals surface area contributed by atoms with Gasteiger partial charge in [0.05, 0.1) is 12.2 Å². The molecule has 0 aromatic heterocycles. The van der Waals surface area contributed by atoms with Crippen LogP contribution >= 0.6 is 34.8 Å². The molecule has 0 aromatic carbocycles. The first-order valence-electron chi connectivity index (χ1n) is 8.88. The lowest BCUT2D eigenvalue weighted by Crippen LogP contribution is -2.62.